The van der Waals surface area contributed by atoms with Crippen molar-refractivity contribution in [2.24, 2.45) is 0 Å². The van der Waals surface area contributed by atoms with Crippen LogP contribution < -0.4 is 10.6 Å². The summed E-state index contributed by atoms with van der Waals surface area (Å²) in [6.45, 7) is 3.93. The molecule has 2 N–H and O–H groups in total. The van der Waals surface area contributed by atoms with E-state index in [9.17, 15) is 9.59 Å². The summed E-state index contributed by atoms with van der Waals surface area (Å²) in [5, 5.41) is 5.71. The lowest BCUT2D eigenvalue weighted by atomic mass is 10.2. The second kappa shape index (κ2) is 7.74. The van der Waals surface area contributed by atoms with Crippen LogP contribution in [0.15, 0.2) is 55.3 Å². The highest BCUT2D eigenvalue weighted by Crippen LogP contribution is 2.20. The monoisotopic (exact) mass is 311 g/mol. The Labute approximate surface area is 134 Å². The fraction of sp³-hybridized carbons (Fsp3) is 0.118. The molecule has 0 aliphatic rings. The van der Waals surface area contributed by atoms with Crippen LogP contribution in [-0.4, -0.2) is 30.5 Å². The molecule has 0 unspecified atom stereocenters. The van der Waals surface area contributed by atoms with E-state index in [4.69, 9.17) is 4.74 Å². The summed E-state index contributed by atoms with van der Waals surface area (Å²) < 4.78 is 4.74. The number of anilines is 2. The molecule has 0 atom stereocenters. The van der Waals surface area contributed by atoms with Crippen LogP contribution in [0.3, 0.4) is 0 Å². The number of hydrogen-bond acceptors (Lipinski definition) is 5. The molecule has 118 valence electrons. The molecule has 1 aromatic carbocycles. The number of nitrogens with zero attached hydrogens (tertiary/aromatic N) is 1. The van der Waals surface area contributed by atoms with Gasteiger partial charge in [0.2, 0.25) is 0 Å². The summed E-state index contributed by atoms with van der Waals surface area (Å²) >= 11 is 0. The minimum Gasteiger partial charge on any atom is -0.465 e. The summed E-state index contributed by atoms with van der Waals surface area (Å²) in [6.07, 6.45) is 3.06. The van der Waals surface area contributed by atoms with Gasteiger partial charge in [0.25, 0.3) is 5.91 Å². The number of esters is 1. The van der Waals surface area contributed by atoms with E-state index in [1.165, 1.54) is 13.3 Å². The molecule has 0 saturated heterocycles. The number of aromatic nitrogens is 1. The standard InChI is InChI=1S/C17H17N3O3/c1-3-10-18-16(21)12-8-9-15(19-11-12)20-14-7-5-4-6-13(14)17(22)23-2/h3-9,11H,1,10H2,2H3,(H,18,21)(H,19,20). The van der Waals surface area contributed by atoms with Crippen molar-refractivity contribution in [1.82, 2.24) is 10.3 Å². The molecule has 0 spiro atoms. The van der Waals surface area contributed by atoms with Gasteiger partial charge in [0, 0.05) is 12.7 Å². The summed E-state index contributed by atoms with van der Waals surface area (Å²) in [5.74, 6) is -0.144. The van der Waals surface area contributed by atoms with Crippen molar-refractivity contribution in [3.63, 3.8) is 0 Å². The number of rotatable bonds is 6. The number of ether oxygens (including phenoxy) is 1. The largest absolute Gasteiger partial charge is 0.465 e. The molecule has 0 radical (unpaired) electrons. The second-order valence-electron chi connectivity index (χ2n) is 4.59. The Morgan fingerprint density at radius 2 is 2.04 bits per heavy atom. The first-order valence-corrected chi connectivity index (χ1v) is 6.95. The van der Waals surface area contributed by atoms with E-state index in [2.05, 4.69) is 22.2 Å². The van der Waals surface area contributed by atoms with Crippen LogP contribution in [0.2, 0.25) is 0 Å². The average Bonchev–Trinajstić information content (AvgIpc) is 2.60. The molecule has 2 rings (SSSR count). The van der Waals surface area contributed by atoms with Gasteiger partial charge in [-0.05, 0) is 24.3 Å². The molecule has 23 heavy (non-hydrogen) atoms. The SMILES string of the molecule is C=CCNC(=O)c1ccc(Nc2ccccc2C(=O)OC)nc1. The molecule has 6 nitrogen and oxygen atoms in total. The highest BCUT2D eigenvalue weighted by atomic mass is 16.5. The highest BCUT2D eigenvalue weighted by molar-refractivity contribution is 5.96. The van der Waals surface area contributed by atoms with Gasteiger partial charge in [0.15, 0.2) is 0 Å². The molecule has 0 bridgehead atoms. The van der Waals surface area contributed by atoms with Crippen molar-refractivity contribution < 1.29 is 14.3 Å². The second-order valence-corrected chi connectivity index (χ2v) is 4.59. The molecule has 1 heterocycles. The van der Waals surface area contributed by atoms with Crippen molar-refractivity contribution in [3.8, 4) is 0 Å². The third-order valence-corrected chi connectivity index (χ3v) is 3.03. The molecule has 1 aromatic heterocycles. The minimum atomic E-state index is -0.437. The maximum Gasteiger partial charge on any atom is 0.339 e. The number of pyridine rings is 1. The van der Waals surface area contributed by atoms with Gasteiger partial charge in [-0.2, -0.15) is 0 Å². The Morgan fingerprint density at radius 3 is 2.70 bits per heavy atom. The van der Waals surface area contributed by atoms with Gasteiger partial charge in [-0.1, -0.05) is 18.2 Å². The lowest BCUT2D eigenvalue weighted by molar-refractivity contribution is 0.0601. The van der Waals surface area contributed by atoms with Gasteiger partial charge >= 0.3 is 5.97 Å². The normalized spacial score (nSPS) is 9.78. The molecule has 0 fully saturated rings. The molecule has 2 aromatic rings. The van der Waals surface area contributed by atoms with E-state index >= 15 is 0 Å². The minimum absolute atomic E-state index is 0.223. The molecule has 0 aliphatic carbocycles. The highest BCUT2D eigenvalue weighted by Gasteiger charge is 2.11. The van der Waals surface area contributed by atoms with E-state index in [1.54, 1.807) is 42.5 Å². The third kappa shape index (κ3) is 4.16. The predicted molar refractivity (Wildman–Crippen MR) is 87.8 cm³/mol. The average molecular weight is 311 g/mol. The van der Waals surface area contributed by atoms with Gasteiger partial charge in [0.05, 0.1) is 23.9 Å². The zero-order valence-electron chi connectivity index (χ0n) is 12.7. The maximum atomic E-state index is 11.8. The lowest BCUT2D eigenvalue weighted by Crippen LogP contribution is -2.23. The number of carbonyl (C=O) groups is 2. The first kappa shape index (κ1) is 16.2. The van der Waals surface area contributed by atoms with Crippen LogP contribution in [-0.2, 0) is 4.74 Å². The van der Waals surface area contributed by atoms with Crippen LogP contribution in [0.4, 0.5) is 11.5 Å². The smallest absolute Gasteiger partial charge is 0.339 e. The molecule has 0 saturated carbocycles. The summed E-state index contributed by atoms with van der Waals surface area (Å²) in [5.41, 5.74) is 1.43. The number of para-hydroxylation sites is 1. The summed E-state index contributed by atoms with van der Waals surface area (Å²) in [7, 11) is 1.33. The van der Waals surface area contributed by atoms with Gasteiger partial charge in [0.1, 0.15) is 5.82 Å². The van der Waals surface area contributed by atoms with Crippen LogP contribution in [0, 0.1) is 0 Å². The van der Waals surface area contributed by atoms with E-state index in [1.807, 2.05) is 0 Å². The van der Waals surface area contributed by atoms with Crippen molar-refractivity contribution in [2.45, 2.75) is 0 Å². The number of methoxy groups -OCH3 is 1. The van der Waals surface area contributed by atoms with Crippen LogP contribution in [0.25, 0.3) is 0 Å². The Balaban J connectivity index is 2.14. The zero-order valence-corrected chi connectivity index (χ0v) is 12.7. The van der Waals surface area contributed by atoms with Gasteiger partial charge in [-0.25, -0.2) is 9.78 Å². The summed E-state index contributed by atoms with van der Waals surface area (Å²) in [4.78, 5) is 27.7. The molecular weight excluding hydrogens is 294 g/mol. The Hall–Kier alpha value is -3.15. The molecule has 0 aliphatic heterocycles. The van der Waals surface area contributed by atoms with Crippen LogP contribution >= 0.6 is 0 Å². The van der Waals surface area contributed by atoms with Gasteiger partial charge < -0.3 is 15.4 Å². The van der Waals surface area contributed by atoms with Crippen molar-refractivity contribution in [3.05, 3.63) is 66.4 Å². The number of carbonyl (C=O) groups excluding carboxylic acids is 2. The van der Waals surface area contributed by atoms with Crippen molar-refractivity contribution >= 4 is 23.4 Å². The van der Waals surface area contributed by atoms with Gasteiger partial charge in [-0.15, -0.1) is 6.58 Å². The van der Waals surface area contributed by atoms with Crippen LogP contribution in [0.5, 0.6) is 0 Å². The first-order chi connectivity index (χ1) is 11.2. The van der Waals surface area contributed by atoms with E-state index in [-0.39, 0.29) is 5.91 Å². The number of amides is 1. The number of benzene rings is 1. The van der Waals surface area contributed by atoms with E-state index in [0.717, 1.165) is 0 Å². The lowest BCUT2D eigenvalue weighted by Gasteiger charge is -2.10. The van der Waals surface area contributed by atoms with E-state index in [0.29, 0.717) is 29.2 Å². The topological polar surface area (TPSA) is 80.3 Å². The summed E-state index contributed by atoms with van der Waals surface area (Å²) in [6, 6.07) is 10.3. The first-order valence-electron chi connectivity index (χ1n) is 6.95. The predicted octanol–water partition coefficient (Wildman–Crippen LogP) is 2.53. The molecule has 6 heteroatoms. The number of hydrogen-bond donors (Lipinski definition) is 2. The number of nitrogens with one attached hydrogen (secondary N) is 2. The van der Waals surface area contributed by atoms with Crippen LogP contribution in [0.1, 0.15) is 20.7 Å². The Bertz CT molecular complexity index is 711. The Morgan fingerprint density at radius 1 is 1.26 bits per heavy atom. The fourth-order valence-electron chi connectivity index (χ4n) is 1.89. The van der Waals surface area contributed by atoms with Crippen molar-refractivity contribution in [1.29, 1.82) is 0 Å². The Kier molecular flexibility index (Phi) is 5.46. The maximum absolute atomic E-state index is 11.8. The molecule has 1 amide bonds. The van der Waals surface area contributed by atoms with Crippen molar-refractivity contribution in [2.75, 3.05) is 19.0 Å². The molecular formula is C17H17N3O3. The fourth-order valence-corrected chi connectivity index (χ4v) is 1.89. The van der Waals surface area contributed by atoms with Gasteiger partial charge in [-0.3, -0.25) is 4.79 Å². The quantitative estimate of drug-likeness (QED) is 0.633. The third-order valence-electron chi connectivity index (χ3n) is 3.03. The van der Waals surface area contributed by atoms with E-state index < -0.39 is 5.97 Å². The zero-order chi connectivity index (χ0) is 16.7.